The van der Waals surface area contributed by atoms with Gasteiger partial charge in [-0.25, -0.2) is 0 Å². The molecular weight excluding hydrogens is 377 g/mol. The summed E-state index contributed by atoms with van der Waals surface area (Å²) in [7, 11) is 1.55. The van der Waals surface area contributed by atoms with Crippen LogP contribution in [0.2, 0.25) is 0 Å². The van der Waals surface area contributed by atoms with E-state index in [1.54, 1.807) is 31.4 Å². The average molecular weight is 389 g/mol. The number of rotatable bonds is 4. The fourth-order valence-electron chi connectivity index (χ4n) is 1.75. The van der Waals surface area contributed by atoms with E-state index in [1.165, 1.54) is 0 Å². The maximum atomic E-state index is 11.5. The van der Waals surface area contributed by atoms with Crippen LogP contribution in [0.3, 0.4) is 0 Å². The predicted octanol–water partition coefficient (Wildman–Crippen LogP) is 3.09. The van der Waals surface area contributed by atoms with Gasteiger partial charge in [-0.2, -0.15) is 4.21 Å². The van der Waals surface area contributed by atoms with Gasteiger partial charge in [-0.1, -0.05) is 46.9 Å². The maximum Gasteiger partial charge on any atom is 0.305 e. The van der Waals surface area contributed by atoms with Crippen molar-refractivity contribution in [3.63, 3.8) is 0 Å². The molecule has 1 aromatic carbocycles. The van der Waals surface area contributed by atoms with Gasteiger partial charge in [0.2, 0.25) is 5.90 Å². The van der Waals surface area contributed by atoms with Crippen molar-refractivity contribution in [3.05, 3.63) is 29.8 Å². The summed E-state index contributed by atoms with van der Waals surface area (Å²) in [6.07, 6.45) is -1.34. The molecule has 0 spiro atoms. The summed E-state index contributed by atoms with van der Waals surface area (Å²) in [4.78, 5) is 0. The van der Waals surface area contributed by atoms with Gasteiger partial charge in [-0.3, -0.25) is 13.8 Å². The van der Waals surface area contributed by atoms with Gasteiger partial charge in [-0.05, 0) is 17.7 Å². The lowest BCUT2D eigenvalue weighted by Crippen LogP contribution is -2.28. The third kappa shape index (κ3) is 4.47. The van der Waals surface area contributed by atoms with E-state index in [-0.39, 0.29) is 6.61 Å². The highest BCUT2D eigenvalue weighted by Crippen LogP contribution is 2.34. The van der Waals surface area contributed by atoms with Gasteiger partial charge in [-0.15, -0.1) is 0 Å². The molecule has 1 saturated heterocycles. The highest BCUT2D eigenvalue weighted by atomic mass is 35.6. The van der Waals surface area contributed by atoms with Crippen molar-refractivity contribution in [2.75, 3.05) is 13.7 Å². The van der Waals surface area contributed by atoms with Crippen LogP contribution in [-0.2, 0) is 24.5 Å². The summed E-state index contributed by atoms with van der Waals surface area (Å²) in [5.41, 5.74) is 0.723. The summed E-state index contributed by atoms with van der Waals surface area (Å²) in [6.45, 7) is -0.144. The fourth-order valence-corrected chi connectivity index (χ4v) is 2.72. The molecule has 1 heterocycles. The van der Waals surface area contributed by atoms with Crippen LogP contribution >= 0.6 is 34.8 Å². The molecule has 0 saturated carbocycles. The Morgan fingerprint density at radius 1 is 1.32 bits per heavy atom. The number of hydrogen-bond donors (Lipinski definition) is 1. The lowest BCUT2D eigenvalue weighted by Gasteiger charge is -2.18. The van der Waals surface area contributed by atoms with Crippen LogP contribution in [0.4, 0.5) is 0 Å². The molecule has 1 N–H and O–H groups in total. The van der Waals surface area contributed by atoms with Gasteiger partial charge < -0.3 is 9.47 Å². The first-order valence-corrected chi connectivity index (χ1v) is 8.13. The average Bonchev–Trinajstić information content (AvgIpc) is 2.84. The van der Waals surface area contributed by atoms with Crippen molar-refractivity contribution in [1.29, 1.82) is 5.41 Å². The number of ether oxygens (including phenoxy) is 2. The minimum absolute atomic E-state index is 0.144. The van der Waals surface area contributed by atoms with Crippen LogP contribution in [0, 0.1) is 5.41 Å². The SMILES string of the molecule is COc1ccc([C@@H]2OS(=O)O[C@H]2COC(=N)C(Cl)(Cl)Cl)cc1. The first-order chi connectivity index (χ1) is 10.3. The van der Waals surface area contributed by atoms with Crippen molar-refractivity contribution >= 4 is 52.1 Å². The molecule has 1 unspecified atom stereocenters. The molecule has 0 aromatic heterocycles. The van der Waals surface area contributed by atoms with Crippen LogP contribution in [0.15, 0.2) is 24.3 Å². The minimum atomic E-state index is -1.96. The summed E-state index contributed by atoms with van der Waals surface area (Å²) < 4.78 is 29.9. The summed E-state index contributed by atoms with van der Waals surface area (Å²) in [6, 6.07) is 6.98. The van der Waals surface area contributed by atoms with Crippen LogP contribution < -0.4 is 4.74 Å². The van der Waals surface area contributed by atoms with Crippen molar-refractivity contribution in [3.8, 4) is 5.75 Å². The Hall–Kier alpha value is -0.570. The first-order valence-electron chi connectivity index (χ1n) is 6.00. The molecule has 22 heavy (non-hydrogen) atoms. The standard InChI is InChI=1S/C12H12Cl3NO5S/c1-18-8-4-2-7(3-5-8)10-9(20-22(17)21-10)6-19-11(16)12(13,14)15/h2-5,9-10,16H,6H2,1H3/t9-,10-,22?/m0/s1. The van der Waals surface area contributed by atoms with Crippen LogP contribution in [0.5, 0.6) is 5.75 Å². The van der Waals surface area contributed by atoms with Gasteiger partial charge in [0.1, 0.15) is 24.6 Å². The molecule has 3 atom stereocenters. The Kier molecular flexibility index (Phi) is 5.93. The highest BCUT2D eigenvalue weighted by Gasteiger charge is 2.38. The second-order valence-electron chi connectivity index (χ2n) is 4.27. The molecule has 0 amide bonds. The van der Waals surface area contributed by atoms with E-state index in [0.29, 0.717) is 5.75 Å². The quantitative estimate of drug-likeness (QED) is 0.487. The Morgan fingerprint density at radius 2 is 1.95 bits per heavy atom. The van der Waals surface area contributed by atoms with Gasteiger partial charge in [0, 0.05) is 0 Å². The largest absolute Gasteiger partial charge is 0.497 e. The van der Waals surface area contributed by atoms with Gasteiger partial charge in [0.25, 0.3) is 3.79 Å². The molecule has 1 aliphatic heterocycles. The molecule has 6 nitrogen and oxygen atoms in total. The third-order valence-corrected chi connectivity index (χ3v) is 4.10. The Morgan fingerprint density at radius 3 is 2.50 bits per heavy atom. The first kappa shape index (κ1) is 17.8. The molecule has 1 fully saturated rings. The molecule has 10 heteroatoms. The number of nitrogens with one attached hydrogen (secondary N) is 1. The molecule has 1 aromatic rings. The van der Waals surface area contributed by atoms with E-state index >= 15 is 0 Å². The summed E-state index contributed by atoms with van der Waals surface area (Å²) in [5, 5.41) is 7.47. The van der Waals surface area contributed by atoms with E-state index in [4.69, 9.17) is 58.1 Å². The van der Waals surface area contributed by atoms with Crippen molar-refractivity contribution in [2.24, 2.45) is 0 Å². The summed E-state index contributed by atoms with van der Waals surface area (Å²) >= 11 is 14.7. The zero-order valence-corrected chi connectivity index (χ0v) is 14.3. The van der Waals surface area contributed by atoms with Gasteiger partial charge in [0.15, 0.2) is 0 Å². The second-order valence-corrected chi connectivity index (χ2v) is 7.34. The van der Waals surface area contributed by atoms with E-state index in [0.717, 1.165) is 5.56 Å². The molecular formula is C12H12Cl3NO5S. The molecule has 2 rings (SSSR count). The van der Waals surface area contributed by atoms with E-state index < -0.39 is 33.3 Å². The van der Waals surface area contributed by atoms with E-state index in [2.05, 4.69) is 0 Å². The lowest BCUT2D eigenvalue weighted by atomic mass is 10.0. The third-order valence-electron chi connectivity index (χ3n) is 2.82. The van der Waals surface area contributed by atoms with Crippen molar-refractivity contribution < 1.29 is 22.0 Å². The Balaban J connectivity index is 2.05. The number of halogens is 3. The van der Waals surface area contributed by atoms with E-state index in [1.807, 2.05) is 0 Å². The molecule has 0 radical (unpaired) electrons. The monoisotopic (exact) mass is 387 g/mol. The van der Waals surface area contributed by atoms with Crippen molar-refractivity contribution in [2.45, 2.75) is 16.0 Å². The number of hydrogen-bond acceptors (Lipinski definition) is 6. The predicted molar refractivity (Wildman–Crippen MR) is 83.8 cm³/mol. The number of methoxy groups -OCH3 is 1. The van der Waals surface area contributed by atoms with Gasteiger partial charge in [0.05, 0.1) is 7.11 Å². The topological polar surface area (TPSA) is 77.8 Å². The fraction of sp³-hybridized carbons (Fsp3) is 0.417. The van der Waals surface area contributed by atoms with Crippen molar-refractivity contribution in [1.82, 2.24) is 0 Å². The molecule has 1 aliphatic rings. The highest BCUT2D eigenvalue weighted by molar-refractivity contribution is 7.75. The summed E-state index contributed by atoms with van der Waals surface area (Å²) in [5.74, 6) is 0.127. The Bertz CT molecular complexity index is 563. The van der Waals surface area contributed by atoms with Gasteiger partial charge >= 0.3 is 11.4 Å². The zero-order chi connectivity index (χ0) is 16.3. The second kappa shape index (κ2) is 7.33. The zero-order valence-electron chi connectivity index (χ0n) is 11.3. The lowest BCUT2D eigenvalue weighted by molar-refractivity contribution is 0.0935. The van der Waals surface area contributed by atoms with Crippen LogP contribution in [-0.4, -0.2) is 33.7 Å². The minimum Gasteiger partial charge on any atom is -0.497 e. The smallest absolute Gasteiger partial charge is 0.305 e. The molecule has 0 bridgehead atoms. The molecule has 122 valence electrons. The van der Waals surface area contributed by atoms with E-state index in [9.17, 15) is 4.21 Å². The number of benzene rings is 1. The Labute approximate surface area is 144 Å². The van der Waals surface area contributed by atoms with Crippen LogP contribution in [0.1, 0.15) is 11.7 Å². The normalized spacial score (nSPS) is 25.0. The molecule has 0 aliphatic carbocycles. The number of alkyl halides is 3. The van der Waals surface area contributed by atoms with Crippen LogP contribution in [0.25, 0.3) is 0 Å². The maximum absolute atomic E-state index is 11.5.